The van der Waals surface area contributed by atoms with Gasteiger partial charge in [0.1, 0.15) is 6.34 Å². The first-order valence-electron chi connectivity index (χ1n) is 3.46. The predicted octanol–water partition coefficient (Wildman–Crippen LogP) is 1.35. The summed E-state index contributed by atoms with van der Waals surface area (Å²) in [6.07, 6.45) is 1.64. The number of fused-ring (bicyclic) bond motifs is 1. The van der Waals surface area contributed by atoms with E-state index in [0.717, 1.165) is 17.1 Å². The summed E-state index contributed by atoms with van der Waals surface area (Å²) in [5.74, 6) is 0. The Morgan fingerprint density at radius 2 is 2.36 bits per heavy atom. The number of hydrogen-bond donors (Lipinski definition) is 1. The first-order chi connectivity index (χ1) is 5.29. The van der Waals surface area contributed by atoms with Gasteiger partial charge < -0.3 is 0 Å². The Labute approximate surface area is 65.0 Å². The van der Waals surface area contributed by atoms with Gasteiger partial charge in [0.25, 0.3) is 0 Å². The van der Waals surface area contributed by atoms with Crippen LogP contribution in [0.25, 0.3) is 5.70 Å². The second kappa shape index (κ2) is 1.99. The van der Waals surface area contributed by atoms with Crippen LogP contribution in [0.5, 0.6) is 0 Å². The van der Waals surface area contributed by atoms with E-state index in [1.807, 2.05) is 23.7 Å². The van der Waals surface area contributed by atoms with Crippen LogP contribution in [0.15, 0.2) is 23.7 Å². The molecule has 0 unspecified atom stereocenters. The Hall–Kier alpha value is -1.51. The number of rotatable bonds is 0. The van der Waals surface area contributed by atoms with E-state index >= 15 is 0 Å². The van der Waals surface area contributed by atoms with Gasteiger partial charge in [-0.2, -0.15) is 0 Å². The topological polar surface area (TPSA) is 29.3 Å². The predicted molar refractivity (Wildman–Crippen MR) is 46.1 cm³/mol. The van der Waals surface area contributed by atoms with Gasteiger partial charge in [0.05, 0.1) is 11.4 Å². The number of aliphatic imine (C=N–C) groups is 1. The van der Waals surface area contributed by atoms with E-state index < -0.39 is 0 Å². The van der Waals surface area contributed by atoms with Crippen LogP contribution in [-0.4, -0.2) is 11.0 Å². The second-order valence-corrected chi connectivity index (χ2v) is 2.53. The summed E-state index contributed by atoms with van der Waals surface area (Å²) in [5, 5.41) is 0. The molecule has 0 fully saturated rings. The van der Waals surface area contributed by atoms with Crippen LogP contribution >= 0.6 is 0 Å². The quantitative estimate of drug-likeness (QED) is 0.589. The summed E-state index contributed by atoms with van der Waals surface area (Å²) >= 11 is 0. The highest BCUT2D eigenvalue weighted by Crippen LogP contribution is 2.17. The van der Waals surface area contributed by atoms with Crippen LogP contribution in [0.2, 0.25) is 0 Å². The molecule has 1 aliphatic heterocycles. The lowest BCUT2D eigenvalue weighted by atomic mass is 10.3. The minimum atomic E-state index is 0.803. The average molecular weight is 147 g/mol. The van der Waals surface area contributed by atoms with Gasteiger partial charge in [-0.3, -0.25) is 10.1 Å². The largest absolute Gasteiger partial charge is 0.283 e. The summed E-state index contributed by atoms with van der Waals surface area (Å²) in [5.41, 5.74) is 6.00. The lowest BCUT2D eigenvalue weighted by Crippen LogP contribution is -2.19. The van der Waals surface area contributed by atoms with Crippen LogP contribution in [-0.2, 0) is 0 Å². The van der Waals surface area contributed by atoms with E-state index in [1.165, 1.54) is 0 Å². The van der Waals surface area contributed by atoms with Gasteiger partial charge in [-0.25, -0.2) is 4.99 Å². The molecule has 0 bridgehead atoms. The molecule has 1 aromatic heterocycles. The molecule has 0 saturated carbocycles. The first kappa shape index (κ1) is 6.22. The van der Waals surface area contributed by atoms with E-state index in [1.54, 1.807) is 6.34 Å². The Bertz CT molecular complexity index is 333. The number of nitrogens with one attached hydrogen (secondary N) is 1. The molecule has 0 aromatic carbocycles. The number of aromatic nitrogens is 1. The monoisotopic (exact) mass is 147 g/mol. The molecule has 3 nitrogen and oxygen atoms in total. The molecule has 0 radical (unpaired) electrons. The number of nitrogens with zero attached hydrogens (tertiary/aromatic N) is 2. The molecule has 0 aliphatic carbocycles. The molecule has 0 saturated heterocycles. The van der Waals surface area contributed by atoms with Crippen molar-refractivity contribution in [3.8, 4) is 0 Å². The van der Waals surface area contributed by atoms with Crippen LogP contribution in [0, 0.1) is 6.92 Å². The fourth-order valence-electron chi connectivity index (χ4n) is 1.17. The third-order valence-electron chi connectivity index (χ3n) is 1.78. The van der Waals surface area contributed by atoms with Crippen molar-refractivity contribution in [3.63, 3.8) is 0 Å². The Kier molecular flexibility index (Phi) is 1.12. The maximum atomic E-state index is 4.03. The van der Waals surface area contributed by atoms with Crippen molar-refractivity contribution in [2.45, 2.75) is 6.92 Å². The standard InChI is InChI=1S/C8H9N3/c1-6-3-4-8-7(2)9-5-10-11(6)8/h3-5H,2H2,1H3,(H,9,10). The van der Waals surface area contributed by atoms with Crippen molar-refractivity contribution in [1.82, 2.24) is 4.68 Å². The molecule has 0 atom stereocenters. The third kappa shape index (κ3) is 0.774. The van der Waals surface area contributed by atoms with Crippen molar-refractivity contribution in [2.24, 2.45) is 4.99 Å². The summed E-state index contributed by atoms with van der Waals surface area (Å²) in [7, 11) is 0. The van der Waals surface area contributed by atoms with Crippen LogP contribution < -0.4 is 5.43 Å². The normalized spacial score (nSPS) is 14.5. The van der Waals surface area contributed by atoms with Crippen molar-refractivity contribution in [2.75, 3.05) is 5.43 Å². The summed E-state index contributed by atoms with van der Waals surface area (Å²) < 4.78 is 1.95. The molecule has 1 aromatic rings. The van der Waals surface area contributed by atoms with Gasteiger partial charge in [0.15, 0.2) is 0 Å². The van der Waals surface area contributed by atoms with Gasteiger partial charge in [0, 0.05) is 5.69 Å². The molecular formula is C8H9N3. The van der Waals surface area contributed by atoms with Crippen molar-refractivity contribution in [3.05, 3.63) is 30.1 Å². The molecule has 56 valence electrons. The minimum Gasteiger partial charge on any atom is -0.283 e. The molecule has 0 spiro atoms. The van der Waals surface area contributed by atoms with Gasteiger partial charge in [-0.05, 0) is 19.1 Å². The molecule has 11 heavy (non-hydrogen) atoms. The zero-order valence-corrected chi connectivity index (χ0v) is 6.33. The van der Waals surface area contributed by atoms with Crippen molar-refractivity contribution in [1.29, 1.82) is 0 Å². The average Bonchev–Trinajstić information content (AvgIpc) is 2.35. The summed E-state index contributed by atoms with van der Waals surface area (Å²) in [6.45, 7) is 5.84. The van der Waals surface area contributed by atoms with E-state index in [-0.39, 0.29) is 0 Å². The number of aryl methyl sites for hydroxylation is 1. The van der Waals surface area contributed by atoms with Gasteiger partial charge >= 0.3 is 0 Å². The minimum absolute atomic E-state index is 0.803. The highest BCUT2D eigenvalue weighted by atomic mass is 15.4. The van der Waals surface area contributed by atoms with E-state index in [2.05, 4.69) is 17.0 Å². The molecule has 1 N–H and O–H groups in total. The van der Waals surface area contributed by atoms with E-state index in [0.29, 0.717) is 0 Å². The van der Waals surface area contributed by atoms with Crippen molar-refractivity contribution >= 4 is 12.0 Å². The highest BCUT2D eigenvalue weighted by molar-refractivity contribution is 5.78. The first-order valence-corrected chi connectivity index (χ1v) is 3.46. The van der Waals surface area contributed by atoms with E-state index in [9.17, 15) is 0 Å². The van der Waals surface area contributed by atoms with Crippen molar-refractivity contribution < 1.29 is 0 Å². The SMILES string of the molecule is C=C1N=CNn2c(C)ccc21. The second-order valence-electron chi connectivity index (χ2n) is 2.53. The van der Waals surface area contributed by atoms with Gasteiger partial charge in [0.2, 0.25) is 0 Å². The third-order valence-corrected chi connectivity index (χ3v) is 1.78. The molecule has 0 amide bonds. The smallest absolute Gasteiger partial charge is 0.108 e. The zero-order valence-electron chi connectivity index (χ0n) is 6.33. The zero-order chi connectivity index (χ0) is 7.84. The van der Waals surface area contributed by atoms with E-state index in [4.69, 9.17) is 0 Å². The van der Waals surface area contributed by atoms with Crippen LogP contribution in [0.3, 0.4) is 0 Å². The maximum absolute atomic E-state index is 4.03. The number of hydrogen-bond acceptors (Lipinski definition) is 2. The Balaban J connectivity index is 2.61. The molecule has 2 rings (SSSR count). The Morgan fingerprint density at radius 3 is 3.09 bits per heavy atom. The van der Waals surface area contributed by atoms with Gasteiger partial charge in [-0.1, -0.05) is 6.58 Å². The lowest BCUT2D eigenvalue weighted by Gasteiger charge is -2.14. The lowest BCUT2D eigenvalue weighted by molar-refractivity contribution is 0.913. The molecule has 1 aliphatic rings. The van der Waals surface area contributed by atoms with Crippen LogP contribution in [0.4, 0.5) is 0 Å². The fourth-order valence-corrected chi connectivity index (χ4v) is 1.17. The molecular weight excluding hydrogens is 138 g/mol. The maximum Gasteiger partial charge on any atom is 0.108 e. The summed E-state index contributed by atoms with van der Waals surface area (Å²) in [4.78, 5) is 4.03. The fraction of sp³-hybridized carbons (Fsp3) is 0.125. The molecule has 3 heteroatoms. The Morgan fingerprint density at radius 1 is 1.55 bits per heavy atom. The summed E-state index contributed by atoms with van der Waals surface area (Å²) in [6, 6.07) is 4.03. The molecule has 2 heterocycles. The van der Waals surface area contributed by atoms with Gasteiger partial charge in [-0.15, -0.1) is 0 Å². The highest BCUT2D eigenvalue weighted by Gasteiger charge is 2.09. The van der Waals surface area contributed by atoms with Crippen LogP contribution in [0.1, 0.15) is 11.4 Å².